The number of nitrogens with zero attached hydrogens (tertiary/aromatic N) is 2. The van der Waals surface area contributed by atoms with Crippen LogP contribution < -0.4 is 10.6 Å². The van der Waals surface area contributed by atoms with E-state index in [1.54, 1.807) is 0 Å². The van der Waals surface area contributed by atoms with Crippen LogP contribution in [0.2, 0.25) is 0 Å². The fraction of sp³-hybridized carbons (Fsp3) is 0.375. The topological polar surface area (TPSA) is 64.5 Å². The first kappa shape index (κ1) is 20.3. The van der Waals surface area contributed by atoms with Crippen molar-refractivity contribution >= 4 is 5.91 Å². The summed E-state index contributed by atoms with van der Waals surface area (Å²) in [7, 11) is 0. The monoisotopic (exact) mass is 405 g/mol. The van der Waals surface area contributed by atoms with Crippen LogP contribution in [0.1, 0.15) is 47.9 Å². The first-order valence-electron chi connectivity index (χ1n) is 10.7. The van der Waals surface area contributed by atoms with Crippen LogP contribution in [-0.4, -0.2) is 35.0 Å². The zero-order chi connectivity index (χ0) is 20.9. The summed E-state index contributed by atoms with van der Waals surface area (Å²) in [5, 5.41) is 8.20. The predicted molar refractivity (Wildman–Crippen MR) is 116 cm³/mol. The second-order valence-corrected chi connectivity index (χ2v) is 8.10. The third-order valence-electron chi connectivity index (χ3n) is 6.10. The Hall–Kier alpha value is -2.99. The second-order valence-electron chi connectivity index (χ2n) is 8.10. The van der Waals surface area contributed by atoms with Gasteiger partial charge in [-0.25, -0.2) is 0 Å². The van der Waals surface area contributed by atoms with E-state index in [1.165, 1.54) is 11.6 Å². The lowest BCUT2D eigenvalue weighted by atomic mass is 9.88. The molecule has 0 aromatic heterocycles. The maximum atomic E-state index is 13.0. The fourth-order valence-corrected chi connectivity index (χ4v) is 4.43. The number of benzene rings is 2. The predicted octanol–water partition coefficient (Wildman–Crippen LogP) is 3.42. The summed E-state index contributed by atoms with van der Waals surface area (Å²) in [5.74, 6) is 0.230. The summed E-state index contributed by atoms with van der Waals surface area (Å²) in [4.78, 5) is 25.6. The van der Waals surface area contributed by atoms with Crippen molar-refractivity contribution in [2.75, 3.05) is 13.1 Å². The highest BCUT2D eigenvalue weighted by Crippen LogP contribution is 2.32. The number of piperidine rings is 1. The van der Waals surface area contributed by atoms with E-state index in [1.807, 2.05) is 23.2 Å². The zero-order valence-electron chi connectivity index (χ0n) is 17.2. The maximum absolute atomic E-state index is 13.0. The minimum Gasteiger partial charge on any atom is -0.337 e. The molecule has 2 aromatic rings. The number of amides is 1. The van der Waals surface area contributed by atoms with Gasteiger partial charge in [-0.15, -0.1) is 5.01 Å². The minimum atomic E-state index is -0.148. The number of hydrogen-bond donors (Lipinski definition) is 2. The molecule has 2 N–H and O–H groups in total. The Morgan fingerprint density at radius 2 is 1.93 bits per heavy atom. The molecule has 156 valence electrons. The third kappa shape index (κ3) is 4.60. The van der Waals surface area contributed by atoms with E-state index in [0.29, 0.717) is 12.5 Å². The normalized spacial score (nSPS) is 23.9. The van der Waals surface area contributed by atoms with E-state index in [4.69, 9.17) is 0 Å². The van der Waals surface area contributed by atoms with Gasteiger partial charge in [0.25, 0.3) is 6.04 Å². The highest BCUT2D eigenvalue weighted by Gasteiger charge is 2.41. The van der Waals surface area contributed by atoms with Crippen LogP contribution in [0.25, 0.3) is 0 Å². The van der Waals surface area contributed by atoms with Crippen LogP contribution in [0, 0.1) is 4.91 Å². The molecule has 3 atom stereocenters. The molecule has 2 aliphatic heterocycles. The minimum absolute atomic E-state index is 0.00607. The molecule has 2 aliphatic rings. The molecule has 0 saturated carbocycles. The Labute approximate surface area is 177 Å². The third-order valence-corrected chi connectivity index (χ3v) is 6.10. The Balaban J connectivity index is 1.38. The summed E-state index contributed by atoms with van der Waals surface area (Å²) in [6, 6.07) is 18.4. The van der Waals surface area contributed by atoms with Gasteiger partial charge in [-0.1, -0.05) is 55.1 Å². The number of rotatable bonds is 6. The van der Waals surface area contributed by atoms with Crippen molar-refractivity contribution in [3.05, 3.63) is 88.8 Å². The average molecular weight is 406 g/mol. The second kappa shape index (κ2) is 9.22. The van der Waals surface area contributed by atoms with Crippen molar-refractivity contribution in [3.8, 4) is 0 Å². The highest BCUT2D eigenvalue weighted by atomic mass is 16.3. The molecule has 0 spiro atoms. The summed E-state index contributed by atoms with van der Waals surface area (Å²) in [6.07, 6.45) is 3.99. The highest BCUT2D eigenvalue weighted by molar-refractivity contribution is 5.87. The molecule has 30 heavy (non-hydrogen) atoms. The Kier molecular flexibility index (Phi) is 6.23. The van der Waals surface area contributed by atoms with E-state index in [9.17, 15) is 9.70 Å². The van der Waals surface area contributed by atoms with Crippen molar-refractivity contribution in [1.82, 2.24) is 15.6 Å². The van der Waals surface area contributed by atoms with Gasteiger partial charge >= 0.3 is 0 Å². The van der Waals surface area contributed by atoms with Gasteiger partial charge in [-0.2, -0.15) is 0 Å². The number of carbonyl (C=O) groups is 1. The maximum Gasteiger partial charge on any atom is 0.261 e. The van der Waals surface area contributed by atoms with E-state index >= 15 is 0 Å². The molecule has 6 heteroatoms. The fourth-order valence-electron chi connectivity index (χ4n) is 4.43. The van der Waals surface area contributed by atoms with Crippen LogP contribution in [0.5, 0.6) is 0 Å². The van der Waals surface area contributed by atoms with Crippen LogP contribution >= 0.6 is 0 Å². The summed E-state index contributed by atoms with van der Waals surface area (Å²) < 4.78 is 0. The van der Waals surface area contributed by atoms with Crippen LogP contribution in [0.15, 0.2) is 67.3 Å². The standard InChI is InChI=1S/C24H28N4O2/c1-2-24(29)26-23-12-11-21(16-25-23)19-9-6-10-20(15-19)22-13-14-27(28(22)30)17-18-7-4-3-5-8-18/h2-10,15,21-23,25H,1,11-14,16-17H2/p+1. The van der Waals surface area contributed by atoms with Gasteiger partial charge < -0.3 is 5.32 Å². The Morgan fingerprint density at radius 1 is 1.13 bits per heavy atom. The van der Waals surface area contributed by atoms with Gasteiger partial charge in [0.15, 0.2) is 0 Å². The average Bonchev–Trinajstić information content (AvgIpc) is 3.15. The molecule has 6 nitrogen and oxygen atoms in total. The number of carbonyl (C=O) groups excluding carboxylic acids is 1. The molecule has 0 bridgehead atoms. The number of nitroso groups, excluding NO2 is 1. The van der Waals surface area contributed by atoms with Gasteiger partial charge in [0.2, 0.25) is 5.91 Å². The van der Waals surface area contributed by atoms with Crippen molar-refractivity contribution < 1.29 is 9.66 Å². The molecule has 2 heterocycles. The molecule has 2 aromatic carbocycles. The van der Waals surface area contributed by atoms with Crippen LogP contribution in [0.3, 0.4) is 0 Å². The van der Waals surface area contributed by atoms with Crippen LogP contribution in [0.4, 0.5) is 0 Å². The van der Waals surface area contributed by atoms with Gasteiger partial charge in [0, 0.05) is 18.5 Å². The lowest BCUT2D eigenvalue weighted by molar-refractivity contribution is -0.720. The lowest BCUT2D eigenvalue weighted by Crippen LogP contribution is -2.49. The van der Waals surface area contributed by atoms with E-state index in [2.05, 4.69) is 53.6 Å². The summed E-state index contributed by atoms with van der Waals surface area (Å²) in [6.45, 7) is 5.71. The molecular weight excluding hydrogens is 376 g/mol. The van der Waals surface area contributed by atoms with Gasteiger partial charge in [0.05, 0.1) is 17.6 Å². The number of hydrogen-bond acceptors (Lipinski definition) is 3. The SMILES string of the molecule is C=CC(=O)NC1CCC(c2cccc(C3CCN(Cc4ccccc4)[N+]3=O)c2)CN1. The van der Waals surface area contributed by atoms with Gasteiger partial charge in [-0.05, 0) is 42.0 Å². The van der Waals surface area contributed by atoms with E-state index < -0.39 is 0 Å². The van der Waals surface area contributed by atoms with Crippen LogP contribution in [-0.2, 0) is 11.3 Å². The molecule has 2 fully saturated rings. The lowest BCUT2D eigenvalue weighted by Gasteiger charge is -2.30. The van der Waals surface area contributed by atoms with E-state index in [0.717, 1.165) is 48.3 Å². The molecule has 1 amide bonds. The van der Waals surface area contributed by atoms with Gasteiger partial charge in [-0.3, -0.25) is 10.1 Å². The molecule has 0 radical (unpaired) electrons. The smallest absolute Gasteiger partial charge is 0.261 e. The summed E-state index contributed by atoms with van der Waals surface area (Å²) in [5.41, 5.74) is 3.49. The Bertz CT molecular complexity index is 906. The molecule has 3 unspecified atom stereocenters. The Morgan fingerprint density at radius 3 is 2.67 bits per heavy atom. The number of nitrogens with one attached hydrogen (secondary N) is 2. The first-order chi connectivity index (χ1) is 14.6. The summed E-state index contributed by atoms with van der Waals surface area (Å²) >= 11 is 0. The molecular formula is C24H29N4O2+. The zero-order valence-corrected chi connectivity index (χ0v) is 17.2. The molecule has 4 rings (SSSR count). The largest absolute Gasteiger partial charge is 0.337 e. The number of hydrazine groups is 1. The van der Waals surface area contributed by atoms with Crippen molar-refractivity contribution in [2.45, 2.75) is 43.9 Å². The van der Waals surface area contributed by atoms with Crippen molar-refractivity contribution in [1.29, 1.82) is 0 Å². The van der Waals surface area contributed by atoms with Crippen molar-refractivity contribution in [2.24, 2.45) is 0 Å². The molecule has 0 aliphatic carbocycles. The quantitative estimate of drug-likeness (QED) is 0.571. The van der Waals surface area contributed by atoms with E-state index in [-0.39, 0.29) is 18.1 Å². The molecule has 2 saturated heterocycles. The van der Waals surface area contributed by atoms with Gasteiger partial charge in [0.1, 0.15) is 11.4 Å². The van der Waals surface area contributed by atoms with Crippen molar-refractivity contribution in [3.63, 3.8) is 0 Å². The first-order valence-corrected chi connectivity index (χ1v) is 10.7.